The molecule has 3 heteroatoms. The van der Waals surface area contributed by atoms with E-state index >= 15 is 0 Å². The van der Waals surface area contributed by atoms with Gasteiger partial charge in [0.1, 0.15) is 5.75 Å². The van der Waals surface area contributed by atoms with Gasteiger partial charge >= 0.3 is 0 Å². The summed E-state index contributed by atoms with van der Waals surface area (Å²) < 4.78 is 5.50. The number of likely N-dealkylation sites (tertiary alicyclic amines) is 1. The van der Waals surface area contributed by atoms with Crippen LogP contribution in [0, 0.1) is 13.8 Å². The first kappa shape index (κ1) is 15.0. The van der Waals surface area contributed by atoms with Crippen molar-refractivity contribution in [3.05, 3.63) is 28.8 Å². The Hall–Kier alpha value is -1.35. The van der Waals surface area contributed by atoms with Gasteiger partial charge in [-0.15, -0.1) is 0 Å². The third-order valence-corrected chi connectivity index (χ3v) is 4.58. The number of rotatable bonds is 4. The Bertz CT molecular complexity index is 514. The number of benzene rings is 1. The van der Waals surface area contributed by atoms with Crippen LogP contribution in [0.3, 0.4) is 0 Å². The van der Waals surface area contributed by atoms with Crippen LogP contribution in [0.15, 0.2) is 12.1 Å². The van der Waals surface area contributed by atoms with Gasteiger partial charge in [-0.2, -0.15) is 0 Å². The molecule has 0 spiro atoms. The van der Waals surface area contributed by atoms with Crippen LogP contribution >= 0.6 is 0 Å². The maximum Gasteiger partial charge on any atom is 0.186 e. The Kier molecular flexibility index (Phi) is 4.19. The predicted octanol–water partition coefficient (Wildman–Crippen LogP) is 3.37. The first-order valence-electron chi connectivity index (χ1n) is 7.33. The molecule has 1 aliphatic heterocycles. The maximum atomic E-state index is 13.0. The predicted molar refractivity (Wildman–Crippen MR) is 81.7 cm³/mol. The summed E-state index contributed by atoms with van der Waals surface area (Å²) in [5, 5.41) is 0. The summed E-state index contributed by atoms with van der Waals surface area (Å²) >= 11 is 0. The lowest BCUT2D eigenvalue weighted by molar-refractivity contribution is 0.0699. The van der Waals surface area contributed by atoms with Crippen molar-refractivity contribution in [1.82, 2.24) is 4.90 Å². The van der Waals surface area contributed by atoms with E-state index in [-0.39, 0.29) is 5.78 Å². The van der Waals surface area contributed by atoms with Gasteiger partial charge < -0.3 is 4.74 Å². The molecule has 1 saturated heterocycles. The van der Waals surface area contributed by atoms with Gasteiger partial charge in [0.25, 0.3) is 0 Å². The Morgan fingerprint density at radius 1 is 1.20 bits per heavy atom. The summed E-state index contributed by atoms with van der Waals surface area (Å²) in [5.74, 6) is 0.877. The molecule has 0 atom stereocenters. The summed E-state index contributed by atoms with van der Waals surface area (Å²) in [6.45, 7) is 10.1. The van der Waals surface area contributed by atoms with Crippen molar-refractivity contribution >= 4 is 5.78 Å². The van der Waals surface area contributed by atoms with Crippen LogP contribution in [0.1, 0.15) is 48.2 Å². The molecule has 0 aliphatic carbocycles. The second-order valence-corrected chi connectivity index (χ2v) is 6.17. The molecule has 3 nitrogen and oxygen atoms in total. The summed E-state index contributed by atoms with van der Waals surface area (Å²) in [4.78, 5) is 15.3. The monoisotopic (exact) mass is 275 g/mol. The van der Waals surface area contributed by atoms with Crippen LogP contribution < -0.4 is 4.74 Å². The van der Waals surface area contributed by atoms with Crippen molar-refractivity contribution in [2.45, 2.75) is 46.1 Å². The standard InChI is InChI=1S/C17H25NO2/c1-12-8-9-14(15(20-5)13(12)2)16(19)17(3,4)18-10-6-7-11-18/h8-9H,6-7,10-11H2,1-5H3. The van der Waals surface area contributed by atoms with Gasteiger partial charge in [-0.3, -0.25) is 9.69 Å². The number of ketones is 1. The van der Waals surface area contributed by atoms with Gasteiger partial charge in [-0.05, 0) is 70.8 Å². The van der Waals surface area contributed by atoms with E-state index in [1.54, 1.807) is 7.11 Å². The number of hydrogen-bond donors (Lipinski definition) is 0. The van der Waals surface area contributed by atoms with E-state index in [9.17, 15) is 4.79 Å². The van der Waals surface area contributed by atoms with Crippen LogP contribution in [0.2, 0.25) is 0 Å². The number of carbonyl (C=O) groups is 1. The van der Waals surface area contributed by atoms with E-state index in [1.807, 2.05) is 39.8 Å². The van der Waals surface area contributed by atoms with E-state index in [2.05, 4.69) is 4.90 Å². The van der Waals surface area contributed by atoms with E-state index in [0.29, 0.717) is 5.56 Å². The number of hydrogen-bond acceptors (Lipinski definition) is 3. The highest BCUT2D eigenvalue weighted by Gasteiger charge is 2.37. The lowest BCUT2D eigenvalue weighted by Crippen LogP contribution is -2.48. The zero-order valence-corrected chi connectivity index (χ0v) is 13.2. The molecule has 1 aliphatic rings. The van der Waals surface area contributed by atoms with Gasteiger partial charge in [0.2, 0.25) is 0 Å². The number of aryl methyl sites for hydroxylation is 1. The molecule has 1 aromatic carbocycles. The summed E-state index contributed by atoms with van der Waals surface area (Å²) in [7, 11) is 1.64. The second-order valence-electron chi connectivity index (χ2n) is 6.17. The molecule has 1 fully saturated rings. The zero-order chi connectivity index (χ0) is 14.9. The maximum absolute atomic E-state index is 13.0. The Labute approximate surface area is 121 Å². The van der Waals surface area contributed by atoms with Crippen molar-refractivity contribution in [2.75, 3.05) is 20.2 Å². The number of carbonyl (C=O) groups excluding carboxylic acids is 1. The molecular formula is C17H25NO2. The number of nitrogens with zero attached hydrogens (tertiary/aromatic N) is 1. The van der Waals surface area contributed by atoms with Gasteiger partial charge in [0.15, 0.2) is 5.78 Å². The highest BCUT2D eigenvalue weighted by Crippen LogP contribution is 2.32. The first-order valence-corrected chi connectivity index (χ1v) is 7.33. The van der Waals surface area contributed by atoms with Crippen molar-refractivity contribution in [2.24, 2.45) is 0 Å². The van der Waals surface area contributed by atoms with Crippen molar-refractivity contribution in [1.29, 1.82) is 0 Å². The fraction of sp³-hybridized carbons (Fsp3) is 0.588. The van der Waals surface area contributed by atoms with Gasteiger partial charge in [-0.25, -0.2) is 0 Å². The Morgan fingerprint density at radius 2 is 1.80 bits per heavy atom. The molecule has 0 saturated carbocycles. The Morgan fingerprint density at radius 3 is 2.35 bits per heavy atom. The number of Topliss-reactive ketones (excluding diaryl/α,β-unsaturated/α-hetero) is 1. The highest BCUT2D eigenvalue weighted by atomic mass is 16.5. The topological polar surface area (TPSA) is 29.5 Å². The largest absolute Gasteiger partial charge is 0.496 e. The number of methoxy groups -OCH3 is 1. The first-order chi connectivity index (χ1) is 9.39. The van der Waals surface area contributed by atoms with E-state index in [1.165, 1.54) is 12.8 Å². The average Bonchev–Trinajstić information content (AvgIpc) is 2.95. The molecule has 0 bridgehead atoms. The van der Waals surface area contributed by atoms with Crippen LogP contribution in [-0.4, -0.2) is 36.4 Å². The number of ether oxygens (including phenoxy) is 1. The second kappa shape index (κ2) is 5.57. The smallest absolute Gasteiger partial charge is 0.186 e. The lowest BCUT2D eigenvalue weighted by atomic mass is 9.89. The molecular weight excluding hydrogens is 250 g/mol. The molecule has 20 heavy (non-hydrogen) atoms. The SMILES string of the molecule is COc1c(C(=O)C(C)(C)N2CCCC2)ccc(C)c1C. The lowest BCUT2D eigenvalue weighted by Gasteiger charge is -2.34. The van der Waals surface area contributed by atoms with Crippen LogP contribution in [0.4, 0.5) is 0 Å². The molecule has 1 heterocycles. The van der Waals surface area contributed by atoms with Crippen molar-refractivity contribution in [3.8, 4) is 5.75 Å². The average molecular weight is 275 g/mol. The quantitative estimate of drug-likeness (QED) is 0.789. The minimum absolute atomic E-state index is 0.152. The van der Waals surface area contributed by atoms with E-state index < -0.39 is 5.54 Å². The van der Waals surface area contributed by atoms with Crippen molar-refractivity contribution < 1.29 is 9.53 Å². The normalized spacial score (nSPS) is 16.4. The molecule has 0 amide bonds. The van der Waals surface area contributed by atoms with Crippen molar-refractivity contribution in [3.63, 3.8) is 0 Å². The Balaban J connectivity index is 2.40. The van der Waals surface area contributed by atoms with E-state index in [0.717, 1.165) is 30.0 Å². The molecule has 2 rings (SSSR count). The molecule has 1 aromatic rings. The third-order valence-electron chi connectivity index (χ3n) is 4.58. The fourth-order valence-electron chi connectivity index (χ4n) is 2.98. The molecule has 0 unspecified atom stereocenters. The molecule has 0 aromatic heterocycles. The summed E-state index contributed by atoms with van der Waals surface area (Å²) in [5.41, 5.74) is 2.44. The minimum atomic E-state index is -0.467. The highest BCUT2D eigenvalue weighted by molar-refractivity contribution is 6.05. The minimum Gasteiger partial charge on any atom is -0.496 e. The van der Waals surface area contributed by atoms with Crippen LogP contribution in [0.25, 0.3) is 0 Å². The van der Waals surface area contributed by atoms with Gasteiger partial charge in [0, 0.05) is 0 Å². The molecule has 0 radical (unpaired) electrons. The zero-order valence-electron chi connectivity index (χ0n) is 13.2. The molecule has 110 valence electrons. The summed E-state index contributed by atoms with van der Waals surface area (Å²) in [6, 6.07) is 3.91. The van der Waals surface area contributed by atoms with Gasteiger partial charge in [-0.1, -0.05) is 6.07 Å². The van der Waals surface area contributed by atoms with Crippen LogP contribution in [0.5, 0.6) is 5.75 Å². The summed E-state index contributed by atoms with van der Waals surface area (Å²) in [6.07, 6.45) is 2.36. The third kappa shape index (κ3) is 2.47. The van der Waals surface area contributed by atoms with Gasteiger partial charge in [0.05, 0.1) is 18.2 Å². The van der Waals surface area contributed by atoms with Crippen LogP contribution in [-0.2, 0) is 0 Å². The van der Waals surface area contributed by atoms with E-state index in [4.69, 9.17) is 4.74 Å². The molecule has 0 N–H and O–H groups in total. The fourth-order valence-corrected chi connectivity index (χ4v) is 2.98.